The SMILES string of the molecule is CCC1(C)CCCCCCCCCCC(C)(CC)P(=O)(O)O1. The molecule has 0 aromatic heterocycles. The van der Waals surface area contributed by atoms with E-state index in [0.29, 0.717) is 6.42 Å². The summed E-state index contributed by atoms with van der Waals surface area (Å²) in [5.41, 5.74) is -0.467. The maximum absolute atomic E-state index is 13.0. The molecule has 0 aromatic rings. The van der Waals surface area contributed by atoms with Gasteiger partial charge >= 0.3 is 7.60 Å². The van der Waals surface area contributed by atoms with Gasteiger partial charge in [-0.1, -0.05) is 65.2 Å². The fourth-order valence-corrected chi connectivity index (χ4v) is 5.16. The van der Waals surface area contributed by atoms with Crippen molar-refractivity contribution in [2.24, 2.45) is 0 Å². The van der Waals surface area contributed by atoms with Gasteiger partial charge < -0.3 is 9.42 Å². The van der Waals surface area contributed by atoms with Crippen molar-refractivity contribution >= 4 is 7.60 Å². The van der Waals surface area contributed by atoms with Crippen molar-refractivity contribution in [1.29, 1.82) is 0 Å². The lowest BCUT2D eigenvalue weighted by Gasteiger charge is -2.39. The quantitative estimate of drug-likeness (QED) is 0.592. The summed E-state index contributed by atoms with van der Waals surface area (Å²) < 4.78 is 19.0. The highest BCUT2D eigenvalue weighted by Gasteiger charge is 2.46. The monoisotopic (exact) mass is 332 g/mol. The first kappa shape index (κ1) is 20.2. The largest absolute Gasteiger partial charge is 0.334 e. The molecular formula is C18H37O3P. The summed E-state index contributed by atoms with van der Waals surface area (Å²) in [7, 11) is -3.62. The van der Waals surface area contributed by atoms with E-state index in [9.17, 15) is 9.46 Å². The van der Waals surface area contributed by atoms with Gasteiger partial charge in [-0.2, -0.15) is 0 Å². The molecule has 3 unspecified atom stereocenters. The van der Waals surface area contributed by atoms with Crippen molar-refractivity contribution in [2.45, 2.75) is 116 Å². The molecule has 0 aromatic carbocycles. The summed E-state index contributed by atoms with van der Waals surface area (Å²) in [4.78, 5) is 10.7. The Kier molecular flexibility index (Phi) is 8.12. The summed E-state index contributed by atoms with van der Waals surface area (Å²) in [5.74, 6) is 0. The lowest BCUT2D eigenvalue weighted by Crippen LogP contribution is -2.33. The van der Waals surface area contributed by atoms with Crippen LogP contribution in [0.4, 0.5) is 0 Å². The minimum atomic E-state index is -3.62. The molecule has 1 rings (SSSR count). The van der Waals surface area contributed by atoms with Crippen molar-refractivity contribution in [3.05, 3.63) is 0 Å². The van der Waals surface area contributed by atoms with Gasteiger partial charge in [0.2, 0.25) is 0 Å². The summed E-state index contributed by atoms with van der Waals surface area (Å²) in [6, 6.07) is 0. The molecule has 22 heavy (non-hydrogen) atoms. The van der Waals surface area contributed by atoms with Gasteiger partial charge in [0.1, 0.15) is 0 Å². The lowest BCUT2D eigenvalue weighted by atomic mass is 9.95. The lowest BCUT2D eigenvalue weighted by molar-refractivity contribution is 0.0502. The first-order valence-corrected chi connectivity index (χ1v) is 10.9. The van der Waals surface area contributed by atoms with Crippen molar-refractivity contribution in [3.63, 3.8) is 0 Å². The van der Waals surface area contributed by atoms with Gasteiger partial charge in [-0.15, -0.1) is 0 Å². The van der Waals surface area contributed by atoms with E-state index in [0.717, 1.165) is 32.1 Å². The second-order valence-electron chi connectivity index (χ2n) is 7.59. The van der Waals surface area contributed by atoms with Crippen LogP contribution in [0.2, 0.25) is 0 Å². The second-order valence-corrected chi connectivity index (χ2v) is 9.90. The minimum Gasteiger partial charge on any atom is -0.324 e. The van der Waals surface area contributed by atoms with Crippen molar-refractivity contribution in [3.8, 4) is 0 Å². The Bertz CT molecular complexity index is 371. The summed E-state index contributed by atoms with van der Waals surface area (Å²) in [5, 5.41) is -0.604. The molecule has 1 fully saturated rings. The van der Waals surface area contributed by atoms with Crippen LogP contribution in [0.15, 0.2) is 0 Å². The van der Waals surface area contributed by atoms with Gasteiger partial charge in [-0.3, -0.25) is 4.57 Å². The maximum Gasteiger partial charge on any atom is 0.334 e. The van der Waals surface area contributed by atoms with Gasteiger partial charge in [0.15, 0.2) is 0 Å². The number of rotatable bonds is 2. The molecule has 4 heteroatoms. The highest BCUT2D eigenvalue weighted by molar-refractivity contribution is 7.54. The van der Waals surface area contributed by atoms with Crippen LogP contribution in [-0.2, 0) is 9.09 Å². The Morgan fingerprint density at radius 3 is 1.77 bits per heavy atom. The molecule has 0 amide bonds. The molecular weight excluding hydrogens is 295 g/mol. The average molecular weight is 332 g/mol. The van der Waals surface area contributed by atoms with E-state index in [1.54, 1.807) is 0 Å². The zero-order chi connectivity index (χ0) is 16.7. The first-order chi connectivity index (χ1) is 10.3. The van der Waals surface area contributed by atoms with Crippen molar-refractivity contribution in [2.75, 3.05) is 0 Å². The van der Waals surface area contributed by atoms with Gasteiger partial charge in [-0.25, -0.2) is 0 Å². The molecule has 0 spiro atoms. The molecule has 0 saturated carbocycles. The Labute approximate surface area is 137 Å². The molecule has 132 valence electrons. The van der Waals surface area contributed by atoms with E-state index in [1.807, 2.05) is 20.8 Å². The van der Waals surface area contributed by atoms with Crippen molar-refractivity contribution < 1.29 is 14.0 Å². The smallest absolute Gasteiger partial charge is 0.324 e. The van der Waals surface area contributed by atoms with Crippen LogP contribution in [0.3, 0.4) is 0 Å². The number of hydrogen-bond acceptors (Lipinski definition) is 2. The minimum absolute atomic E-state index is 0.467. The normalized spacial score (nSPS) is 40.0. The Morgan fingerprint density at radius 1 is 0.864 bits per heavy atom. The van der Waals surface area contributed by atoms with Crippen LogP contribution >= 0.6 is 7.60 Å². The molecule has 1 aliphatic rings. The van der Waals surface area contributed by atoms with E-state index in [-0.39, 0.29) is 0 Å². The predicted molar refractivity (Wildman–Crippen MR) is 94.5 cm³/mol. The molecule has 3 atom stereocenters. The Morgan fingerprint density at radius 2 is 1.32 bits per heavy atom. The molecule has 1 aliphatic heterocycles. The zero-order valence-electron chi connectivity index (χ0n) is 15.2. The summed E-state index contributed by atoms with van der Waals surface area (Å²) in [6.45, 7) is 8.03. The zero-order valence-corrected chi connectivity index (χ0v) is 16.1. The van der Waals surface area contributed by atoms with Crippen LogP contribution < -0.4 is 0 Å². The van der Waals surface area contributed by atoms with E-state index in [4.69, 9.17) is 4.52 Å². The average Bonchev–Trinajstić information content (AvgIpc) is 2.47. The van der Waals surface area contributed by atoms with Gasteiger partial charge in [0.25, 0.3) is 0 Å². The first-order valence-electron chi connectivity index (χ1n) is 9.32. The molecule has 0 bridgehead atoms. The van der Waals surface area contributed by atoms with Gasteiger partial charge in [0.05, 0.1) is 10.8 Å². The Balaban J connectivity index is 2.90. The van der Waals surface area contributed by atoms with E-state index in [1.165, 1.54) is 38.5 Å². The fourth-order valence-electron chi connectivity index (χ4n) is 3.28. The summed E-state index contributed by atoms with van der Waals surface area (Å²) >= 11 is 0. The van der Waals surface area contributed by atoms with Crippen LogP contribution in [0.1, 0.15) is 105 Å². The van der Waals surface area contributed by atoms with Crippen LogP contribution in [0.25, 0.3) is 0 Å². The van der Waals surface area contributed by atoms with Crippen LogP contribution in [0, 0.1) is 0 Å². The maximum atomic E-state index is 13.0. The second kappa shape index (κ2) is 8.85. The van der Waals surface area contributed by atoms with Gasteiger partial charge in [-0.05, 0) is 39.5 Å². The third-order valence-electron chi connectivity index (χ3n) is 5.71. The number of hydrogen-bond donors (Lipinski definition) is 1. The molecule has 1 heterocycles. The standard InChI is InChI=1S/C18H37O3P/c1-5-17(3)15-13-11-9-7-8-10-12-14-16-18(4,6-2)22(19,20)21-17/h5-16H2,1-4H3,(H,19,20). The Hall–Kier alpha value is 0.150. The fraction of sp³-hybridized carbons (Fsp3) is 1.00. The molecule has 0 aliphatic carbocycles. The predicted octanol–water partition coefficient (Wildman–Crippen LogP) is 6.44. The van der Waals surface area contributed by atoms with Crippen molar-refractivity contribution in [1.82, 2.24) is 0 Å². The van der Waals surface area contributed by atoms with E-state index < -0.39 is 18.4 Å². The summed E-state index contributed by atoms with van der Waals surface area (Å²) in [6.07, 6.45) is 12.8. The molecule has 1 N–H and O–H groups in total. The van der Waals surface area contributed by atoms with Crippen LogP contribution in [0.5, 0.6) is 0 Å². The third-order valence-corrected chi connectivity index (χ3v) is 8.30. The van der Waals surface area contributed by atoms with Crippen LogP contribution in [-0.4, -0.2) is 15.7 Å². The topological polar surface area (TPSA) is 46.5 Å². The van der Waals surface area contributed by atoms with E-state index >= 15 is 0 Å². The molecule has 0 radical (unpaired) electrons. The molecule has 3 nitrogen and oxygen atoms in total. The van der Waals surface area contributed by atoms with Gasteiger partial charge in [0, 0.05) is 0 Å². The highest BCUT2D eigenvalue weighted by atomic mass is 31.2. The third kappa shape index (κ3) is 5.65. The highest BCUT2D eigenvalue weighted by Crippen LogP contribution is 2.62. The molecule has 1 saturated heterocycles. The van der Waals surface area contributed by atoms with E-state index in [2.05, 4.69) is 6.92 Å².